The summed E-state index contributed by atoms with van der Waals surface area (Å²) in [7, 11) is 1.24. The number of aryl methyl sites for hydroxylation is 1. The van der Waals surface area contributed by atoms with E-state index in [1.165, 1.54) is 19.2 Å². The van der Waals surface area contributed by atoms with E-state index in [0.29, 0.717) is 12.2 Å². The van der Waals surface area contributed by atoms with Gasteiger partial charge in [0, 0.05) is 24.4 Å². The highest BCUT2D eigenvalue weighted by Crippen LogP contribution is 2.28. The van der Waals surface area contributed by atoms with E-state index in [2.05, 4.69) is 20.1 Å². The molecular weight excluding hydrogens is 338 g/mol. The number of hydrogen-bond acceptors (Lipinski definition) is 7. The van der Waals surface area contributed by atoms with Gasteiger partial charge in [0.25, 0.3) is 5.69 Å². The number of benzene rings is 1. The number of nitro benzene ring substituents is 1. The summed E-state index contributed by atoms with van der Waals surface area (Å²) in [6.07, 6.45) is 1.55. The number of methoxy groups -OCH3 is 1. The SMILES string of the molecule is COC(=O)c1ccc(NC2CCc3nc(C(C)C)nn3C2)c([N+](=O)[O-])c1. The molecule has 0 bridgehead atoms. The van der Waals surface area contributed by atoms with E-state index < -0.39 is 10.9 Å². The molecule has 0 fully saturated rings. The lowest BCUT2D eigenvalue weighted by atomic mass is 10.1. The number of rotatable bonds is 5. The highest BCUT2D eigenvalue weighted by atomic mass is 16.6. The van der Waals surface area contributed by atoms with Crippen LogP contribution < -0.4 is 5.32 Å². The molecule has 0 spiro atoms. The molecule has 9 nitrogen and oxygen atoms in total. The van der Waals surface area contributed by atoms with Gasteiger partial charge in [-0.15, -0.1) is 0 Å². The van der Waals surface area contributed by atoms with Gasteiger partial charge in [0.1, 0.15) is 11.5 Å². The van der Waals surface area contributed by atoms with Crippen molar-refractivity contribution in [3.05, 3.63) is 45.5 Å². The van der Waals surface area contributed by atoms with Crippen LogP contribution in [0.5, 0.6) is 0 Å². The van der Waals surface area contributed by atoms with Gasteiger partial charge in [-0.25, -0.2) is 14.5 Å². The maximum absolute atomic E-state index is 11.6. The normalized spacial score (nSPS) is 16.2. The van der Waals surface area contributed by atoms with Crippen LogP contribution in [-0.4, -0.2) is 38.8 Å². The van der Waals surface area contributed by atoms with E-state index in [4.69, 9.17) is 0 Å². The molecule has 1 unspecified atom stereocenters. The number of fused-ring (bicyclic) bond motifs is 1. The Balaban J connectivity index is 1.80. The van der Waals surface area contributed by atoms with E-state index in [-0.39, 0.29) is 23.2 Å². The van der Waals surface area contributed by atoms with Crippen LogP contribution in [0.25, 0.3) is 0 Å². The summed E-state index contributed by atoms with van der Waals surface area (Å²) in [6, 6.07) is 4.28. The smallest absolute Gasteiger partial charge is 0.338 e. The number of esters is 1. The topological polar surface area (TPSA) is 112 Å². The minimum atomic E-state index is -0.606. The second kappa shape index (κ2) is 7.11. The second-order valence-corrected chi connectivity index (χ2v) is 6.58. The van der Waals surface area contributed by atoms with Crippen molar-refractivity contribution < 1.29 is 14.5 Å². The number of carbonyl (C=O) groups excluding carboxylic acids is 1. The lowest BCUT2D eigenvalue weighted by Gasteiger charge is -2.24. The van der Waals surface area contributed by atoms with E-state index in [1.807, 2.05) is 18.5 Å². The van der Waals surface area contributed by atoms with Crippen LogP contribution in [0.4, 0.5) is 11.4 Å². The Bertz CT molecular complexity index is 846. The summed E-state index contributed by atoms with van der Waals surface area (Å²) < 4.78 is 6.49. The first-order valence-corrected chi connectivity index (χ1v) is 8.46. The molecule has 0 saturated carbocycles. The van der Waals surface area contributed by atoms with Gasteiger partial charge in [0.15, 0.2) is 5.82 Å². The summed E-state index contributed by atoms with van der Waals surface area (Å²) >= 11 is 0. The fraction of sp³-hybridized carbons (Fsp3) is 0.471. The zero-order valence-corrected chi connectivity index (χ0v) is 14.9. The first-order valence-electron chi connectivity index (χ1n) is 8.46. The van der Waals surface area contributed by atoms with Crippen LogP contribution in [0.1, 0.15) is 48.2 Å². The zero-order valence-electron chi connectivity index (χ0n) is 14.9. The number of nitro groups is 1. The third-order valence-corrected chi connectivity index (χ3v) is 4.37. The molecule has 0 aliphatic carbocycles. The van der Waals surface area contributed by atoms with Crippen LogP contribution >= 0.6 is 0 Å². The quantitative estimate of drug-likeness (QED) is 0.496. The van der Waals surface area contributed by atoms with Crippen molar-refractivity contribution in [3.63, 3.8) is 0 Å². The van der Waals surface area contributed by atoms with Gasteiger partial charge < -0.3 is 10.1 Å². The van der Waals surface area contributed by atoms with Crippen molar-refractivity contribution in [2.75, 3.05) is 12.4 Å². The molecule has 2 aromatic rings. The Hall–Kier alpha value is -2.97. The van der Waals surface area contributed by atoms with Crippen LogP contribution in [0.2, 0.25) is 0 Å². The Morgan fingerprint density at radius 1 is 1.46 bits per heavy atom. The monoisotopic (exact) mass is 359 g/mol. The third-order valence-electron chi connectivity index (χ3n) is 4.37. The second-order valence-electron chi connectivity index (χ2n) is 6.58. The molecule has 1 N–H and O–H groups in total. The van der Waals surface area contributed by atoms with Crippen molar-refractivity contribution in [3.8, 4) is 0 Å². The van der Waals surface area contributed by atoms with Crippen molar-refractivity contribution >= 4 is 17.3 Å². The highest BCUT2D eigenvalue weighted by Gasteiger charge is 2.25. The molecule has 0 radical (unpaired) electrons. The van der Waals surface area contributed by atoms with Crippen molar-refractivity contribution in [1.29, 1.82) is 0 Å². The van der Waals surface area contributed by atoms with Gasteiger partial charge in [-0.2, -0.15) is 5.10 Å². The number of aromatic nitrogens is 3. The number of ether oxygens (including phenoxy) is 1. The lowest BCUT2D eigenvalue weighted by molar-refractivity contribution is -0.384. The Morgan fingerprint density at radius 3 is 2.88 bits per heavy atom. The zero-order chi connectivity index (χ0) is 18.8. The standard InChI is InChI=1S/C17H21N5O4/c1-10(2)16-19-15-7-5-12(9-21(15)20-16)18-13-6-4-11(17(23)26-3)8-14(13)22(24)25/h4,6,8,10,12,18H,5,7,9H2,1-3H3. The van der Waals surface area contributed by atoms with E-state index in [9.17, 15) is 14.9 Å². The lowest BCUT2D eigenvalue weighted by Crippen LogP contribution is -2.32. The molecule has 1 aromatic heterocycles. The predicted octanol–water partition coefficient (Wildman–Crippen LogP) is 2.52. The Kier molecular flexibility index (Phi) is 4.88. The molecule has 1 aromatic carbocycles. The fourth-order valence-electron chi connectivity index (χ4n) is 2.96. The molecule has 0 saturated heterocycles. The van der Waals surface area contributed by atoms with E-state index in [0.717, 1.165) is 24.5 Å². The molecule has 2 heterocycles. The molecular formula is C17H21N5O4. The summed E-state index contributed by atoms with van der Waals surface area (Å²) in [5.41, 5.74) is 0.369. The molecule has 0 amide bonds. The van der Waals surface area contributed by atoms with Gasteiger partial charge in [-0.05, 0) is 18.6 Å². The first-order chi connectivity index (χ1) is 12.4. The minimum absolute atomic E-state index is 0.00751. The molecule has 1 aliphatic heterocycles. The fourth-order valence-corrected chi connectivity index (χ4v) is 2.96. The van der Waals surface area contributed by atoms with Gasteiger partial charge in [0.05, 0.1) is 24.1 Å². The van der Waals surface area contributed by atoms with Crippen molar-refractivity contribution in [2.45, 2.75) is 45.2 Å². The Labute approximate surface area is 150 Å². The maximum atomic E-state index is 11.6. The van der Waals surface area contributed by atoms with Crippen molar-refractivity contribution in [1.82, 2.24) is 14.8 Å². The maximum Gasteiger partial charge on any atom is 0.338 e. The van der Waals surface area contributed by atoms with E-state index in [1.54, 1.807) is 6.07 Å². The number of nitrogens with one attached hydrogen (secondary N) is 1. The third kappa shape index (κ3) is 3.51. The molecule has 1 aliphatic rings. The van der Waals surface area contributed by atoms with Crippen LogP contribution in [-0.2, 0) is 17.7 Å². The molecule has 3 rings (SSSR count). The van der Waals surface area contributed by atoms with Crippen LogP contribution in [0.3, 0.4) is 0 Å². The van der Waals surface area contributed by atoms with Gasteiger partial charge in [-0.1, -0.05) is 13.8 Å². The Morgan fingerprint density at radius 2 is 2.23 bits per heavy atom. The number of anilines is 1. The van der Waals surface area contributed by atoms with Gasteiger partial charge in [-0.3, -0.25) is 10.1 Å². The molecule has 138 valence electrons. The van der Waals surface area contributed by atoms with Crippen LogP contribution in [0, 0.1) is 10.1 Å². The first kappa shape index (κ1) is 17.8. The minimum Gasteiger partial charge on any atom is -0.465 e. The predicted molar refractivity (Wildman–Crippen MR) is 94.3 cm³/mol. The van der Waals surface area contributed by atoms with Crippen LogP contribution in [0.15, 0.2) is 18.2 Å². The summed E-state index contributed by atoms with van der Waals surface area (Å²) in [6.45, 7) is 4.68. The van der Waals surface area contributed by atoms with Crippen molar-refractivity contribution in [2.24, 2.45) is 0 Å². The average molecular weight is 359 g/mol. The molecule has 9 heteroatoms. The van der Waals surface area contributed by atoms with Gasteiger partial charge in [0.2, 0.25) is 0 Å². The molecule has 26 heavy (non-hydrogen) atoms. The highest BCUT2D eigenvalue weighted by molar-refractivity contribution is 5.91. The number of carbonyl (C=O) groups is 1. The summed E-state index contributed by atoms with van der Waals surface area (Å²) in [5.74, 6) is 1.41. The largest absolute Gasteiger partial charge is 0.465 e. The molecule has 1 atom stereocenters. The van der Waals surface area contributed by atoms with E-state index >= 15 is 0 Å². The average Bonchev–Trinajstić information content (AvgIpc) is 3.05. The number of hydrogen-bond donors (Lipinski definition) is 1. The van der Waals surface area contributed by atoms with Gasteiger partial charge >= 0.3 is 5.97 Å². The number of nitrogens with zero attached hydrogens (tertiary/aromatic N) is 4. The summed E-state index contributed by atoms with van der Waals surface area (Å²) in [5, 5.41) is 19.1. The summed E-state index contributed by atoms with van der Waals surface area (Å²) in [4.78, 5) is 27.0.